The highest BCUT2D eigenvalue weighted by Gasteiger charge is 2.46. The van der Waals surface area contributed by atoms with E-state index in [0.717, 1.165) is 11.8 Å². The fourth-order valence-corrected chi connectivity index (χ4v) is 3.99. The van der Waals surface area contributed by atoms with Gasteiger partial charge in [0, 0.05) is 17.9 Å². The number of carboxylic acid groups (broad SMARTS) is 1. The quantitative estimate of drug-likeness (QED) is 0.137. The average molecular weight is 526 g/mol. The van der Waals surface area contributed by atoms with Crippen molar-refractivity contribution in [3.8, 4) is 5.75 Å². The van der Waals surface area contributed by atoms with Crippen LogP contribution in [0.3, 0.4) is 0 Å². The van der Waals surface area contributed by atoms with Crippen molar-refractivity contribution in [2.45, 2.75) is 49.8 Å². The number of carbonyl (C=O) groups excluding carboxylic acids is 1. The summed E-state index contributed by atoms with van der Waals surface area (Å²) < 4.78 is 21.5. The molecule has 0 spiro atoms. The first-order chi connectivity index (χ1) is 17.7. The summed E-state index contributed by atoms with van der Waals surface area (Å²) in [6.07, 6.45) is -7.49. The van der Waals surface area contributed by atoms with Gasteiger partial charge in [-0.15, -0.1) is 0 Å². The van der Waals surface area contributed by atoms with Crippen molar-refractivity contribution < 1.29 is 64.3 Å². The zero-order valence-corrected chi connectivity index (χ0v) is 19.6. The number of carbonyl (C=O) groups is 2. The molecule has 1 aromatic carbocycles. The van der Waals surface area contributed by atoms with E-state index in [4.69, 9.17) is 18.9 Å². The van der Waals surface area contributed by atoms with Gasteiger partial charge in [0.05, 0.1) is 38.1 Å². The summed E-state index contributed by atoms with van der Waals surface area (Å²) in [7, 11) is 0. The van der Waals surface area contributed by atoms with Crippen LogP contribution < -0.4 is 0 Å². The number of aliphatic hydroxyl groups excluding tert-OH is 5. The normalized spacial score (nSPS) is 30.9. The van der Waals surface area contributed by atoms with Gasteiger partial charge >= 0.3 is 11.9 Å². The summed E-state index contributed by atoms with van der Waals surface area (Å²) in [5.74, 6) is -3.18. The number of hydrogen-bond acceptors (Lipinski definition) is 12. The van der Waals surface area contributed by atoms with E-state index in [1.807, 2.05) is 0 Å². The molecule has 0 bridgehead atoms. The molecule has 13 heteroatoms. The maximum Gasteiger partial charge on any atom is 0.335 e. The number of rotatable bonds is 10. The van der Waals surface area contributed by atoms with Crippen LogP contribution in [-0.4, -0.2) is 105 Å². The van der Waals surface area contributed by atoms with Gasteiger partial charge in [-0.25, -0.2) is 4.79 Å². The zero-order valence-electron chi connectivity index (χ0n) is 19.6. The third-order valence-electron chi connectivity index (χ3n) is 6.01. The van der Waals surface area contributed by atoms with Crippen molar-refractivity contribution in [3.05, 3.63) is 53.3 Å². The van der Waals surface area contributed by atoms with Crippen molar-refractivity contribution in [1.29, 1.82) is 0 Å². The Kier molecular flexibility index (Phi) is 10.00. The molecule has 13 nitrogen and oxygen atoms in total. The Hall–Kier alpha value is -3.04. The predicted molar refractivity (Wildman–Crippen MR) is 121 cm³/mol. The Balaban J connectivity index is 1.72. The molecule has 0 aliphatic carbocycles. The molecule has 3 rings (SSSR count). The van der Waals surface area contributed by atoms with E-state index in [2.05, 4.69) is 0 Å². The lowest BCUT2D eigenvalue weighted by Gasteiger charge is -2.41. The highest BCUT2D eigenvalue weighted by atomic mass is 16.8. The summed E-state index contributed by atoms with van der Waals surface area (Å²) in [6, 6.07) is 6.31. The zero-order chi connectivity index (χ0) is 27.1. The largest absolute Gasteiger partial charge is 0.508 e. The highest BCUT2D eigenvalue weighted by Crippen LogP contribution is 2.35. The first-order valence-corrected chi connectivity index (χ1v) is 11.4. The second-order valence-corrected chi connectivity index (χ2v) is 8.46. The molecule has 2 aliphatic rings. The minimum Gasteiger partial charge on any atom is -0.508 e. The maximum atomic E-state index is 12.6. The summed E-state index contributed by atoms with van der Waals surface area (Å²) in [5.41, 5.74) is 0.510. The van der Waals surface area contributed by atoms with E-state index in [1.54, 1.807) is 12.1 Å². The molecule has 37 heavy (non-hydrogen) atoms. The second kappa shape index (κ2) is 13.0. The molecule has 2 aliphatic heterocycles. The molecule has 0 saturated carbocycles. The third kappa shape index (κ3) is 7.05. The number of carboxylic acids is 1. The van der Waals surface area contributed by atoms with Crippen LogP contribution in [0.15, 0.2) is 47.7 Å². The smallest absolute Gasteiger partial charge is 0.335 e. The lowest BCUT2D eigenvalue weighted by atomic mass is 9.86. The molecule has 7 N–H and O–H groups in total. The number of benzene rings is 1. The topological polar surface area (TPSA) is 213 Å². The number of aliphatic carboxylic acids is 1. The first-order valence-electron chi connectivity index (χ1n) is 11.4. The Morgan fingerprint density at radius 1 is 1.03 bits per heavy atom. The van der Waals surface area contributed by atoms with Crippen molar-refractivity contribution in [3.63, 3.8) is 0 Å². The molecule has 1 aromatic rings. The fourth-order valence-electron chi connectivity index (χ4n) is 3.99. The van der Waals surface area contributed by atoms with Crippen LogP contribution in [0.5, 0.6) is 5.75 Å². The number of aliphatic hydroxyl groups is 5. The van der Waals surface area contributed by atoms with Crippen LogP contribution in [-0.2, 0) is 35.0 Å². The Bertz CT molecular complexity index is 987. The van der Waals surface area contributed by atoms with Crippen molar-refractivity contribution in [2.75, 3.05) is 19.8 Å². The van der Waals surface area contributed by atoms with E-state index in [0.29, 0.717) is 6.42 Å². The van der Waals surface area contributed by atoms with E-state index < -0.39 is 74.5 Å². The molecule has 7 unspecified atom stereocenters. The number of phenols is 1. The summed E-state index contributed by atoms with van der Waals surface area (Å²) in [4.78, 5) is 24.4. The maximum absolute atomic E-state index is 12.6. The van der Waals surface area contributed by atoms with Gasteiger partial charge in [0.1, 0.15) is 30.2 Å². The lowest BCUT2D eigenvalue weighted by molar-refractivity contribution is -0.327. The van der Waals surface area contributed by atoms with Gasteiger partial charge in [0.25, 0.3) is 0 Å². The molecular weight excluding hydrogens is 496 g/mol. The van der Waals surface area contributed by atoms with Gasteiger partial charge in [-0.3, -0.25) is 4.79 Å². The number of ether oxygens (including phenoxy) is 4. The minimum atomic E-state index is -1.76. The molecule has 204 valence electrons. The van der Waals surface area contributed by atoms with Gasteiger partial charge in [-0.05, 0) is 17.7 Å². The van der Waals surface area contributed by atoms with E-state index in [9.17, 15) is 45.3 Å². The molecule has 1 fully saturated rings. The summed E-state index contributed by atoms with van der Waals surface area (Å²) >= 11 is 0. The first kappa shape index (κ1) is 28.5. The monoisotopic (exact) mass is 526 g/mol. The minimum absolute atomic E-state index is 0.0111. The van der Waals surface area contributed by atoms with E-state index >= 15 is 0 Å². The Morgan fingerprint density at radius 2 is 1.73 bits per heavy atom. The standard InChI is InChI=1S/C24H30O13/c25-7-5-14-15(9-18(28)34-8-6-12-1-3-13(27)4-2-12)16(22(32)33)11-35-23(14)37-24-21(31)20(30)19(29)17(10-26)36-24/h1-5,11,15,17,19-21,23-27,29-31H,6-10H2,(H,32,33). The number of hydrogen-bond donors (Lipinski definition) is 7. The van der Waals surface area contributed by atoms with E-state index in [-0.39, 0.29) is 23.5 Å². The predicted octanol–water partition coefficient (Wildman–Crippen LogP) is -1.46. The molecule has 7 atom stereocenters. The third-order valence-corrected chi connectivity index (χ3v) is 6.01. The number of esters is 1. The van der Waals surface area contributed by atoms with Gasteiger partial charge in [-0.2, -0.15) is 0 Å². The molecule has 0 radical (unpaired) electrons. The molecular formula is C24H30O13. The second-order valence-electron chi connectivity index (χ2n) is 8.46. The Morgan fingerprint density at radius 3 is 2.35 bits per heavy atom. The van der Waals surface area contributed by atoms with Crippen molar-refractivity contribution in [1.82, 2.24) is 0 Å². The average Bonchev–Trinajstić information content (AvgIpc) is 2.87. The lowest BCUT2D eigenvalue weighted by Crippen LogP contribution is -2.60. The number of aromatic hydroxyl groups is 1. The Labute approximate surface area is 211 Å². The van der Waals surface area contributed by atoms with Gasteiger partial charge in [0.15, 0.2) is 6.29 Å². The molecule has 1 saturated heterocycles. The highest BCUT2D eigenvalue weighted by molar-refractivity contribution is 5.89. The molecule has 0 aromatic heterocycles. The van der Waals surface area contributed by atoms with Gasteiger partial charge in [0.2, 0.25) is 6.29 Å². The SMILES string of the molecule is O=C(CC1C(C(=O)O)=COC(OC2OC(CO)C(O)C(O)C2O)C1=CCO)OCCc1ccc(O)cc1. The van der Waals surface area contributed by atoms with Crippen LogP contribution in [0.1, 0.15) is 12.0 Å². The van der Waals surface area contributed by atoms with Gasteiger partial charge in [-0.1, -0.05) is 18.2 Å². The van der Waals surface area contributed by atoms with Crippen LogP contribution in [0.2, 0.25) is 0 Å². The van der Waals surface area contributed by atoms with Crippen LogP contribution in [0.4, 0.5) is 0 Å². The van der Waals surface area contributed by atoms with Gasteiger partial charge < -0.3 is 54.7 Å². The van der Waals surface area contributed by atoms with E-state index in [1.165, 1.54) is 18.2 Å². The van der Waals surface area contributed by atoms with Crippen molar-refractivity contribution >= 4 is 11.9 Å². The molecule has 0 amide bonds. The number of phenolic OH excluding ortho intramolecular Hbond substituents is 1. The summed E-state index contributed by atoms with van der Waals surface area (Å²) in [5, 5.41) is 68.1. The van der Waals surface area contributed by atoms with Crippen LogP contribution >= 0.6 is 0 Å². The molecule has 2 heterocycles. The fraction of sp³-hybridized carbons (Fsp3) is 0.500. The van der Waals surface area contributed by atoms with Crippen molar-refractivity contribution in [2.24, 2.45) is 5.92 Å². The van der Waals surface area contributed by atoms with Crippen LogP contribution in [0, 0.1) is 5.92 Å². The van der Waals surface area contributed by atoms with Crippen LogP contribution in [0.25, 0.3) is 0 Å². The summed E-state index contributed by atoms with van der Waals surface area (Å²) in [6.45, 7) is -1.29.